The molecule has 0 aromatic carbocycles. The van der Waals surface area contributed by atoms with Gasteiger partial charge in [-0.25, -0.2) is 0 Å². The zero-order valence-corrected chi connectivity index (χ0v) is 3.68. The standard InChI is InChI=1S/C5H4O2/c1-2-4-3-5(6)7-4/h1,4H,3H2/t4-/m0/s1. The molecule has 0 aromatic rings. The van der Waals surface area contributed by atoms with Crippen molar-refractivity contribution in [1.29, 1.82) is 0 Å². The second kappa shape index (κ2) is 1.27. The van der Waals surface area contributed by atoms with Gasteiger partial charge in [0.25, 0.3) is 0 Å². The Labute approximate surface area is 41.5 Å². The van der Waals surface area contributed by atoms with Crippen LogP contribution < -0.4 is 0 Å². The van der Waals surface area contributed by atoms with Crippen LogP contribution in [0.1, 0.15) is 6.42 Å². The van der Waals surface area contributed by atoms with Gasteiger partial charge in [0.05, 0.1) is 6.42 Å². The van der Waals surface area contributed by atoms with E-state index in [0.29, 0.717) is 6.42 Å². The lowest BCUT2D eigenvalue weighted by molar-refractivity contribution is -0.163. The predicted octanol–water partition coefficient (Wildman–Crippen LogP) is -0.0649. The summed E-state index contributed by atoms with van der Waals surface area (Å²) in [6.07, 6.45) is 5.04. The van der Waals surface area contributed by atoms with Gasteiger partial charge < -0.3 is 4.74 Å². The first-order valence-corrected chi connectivity index (χ1v) is 1.98. The van der Waals surface area contributed by atoms with Crippen LogP contribution in [0.15, 0.2) is 0 Å². The Hall–Kier alpha value is -0.970. The van der Waals surface area contributed by atoms with E-state index < -0.39 is 0 Å². The largest absolute Gasteiger partial charge is 0.448 e. The van der Waals surface area contributed by atoms with Crippen molar-refractivity contribution in [3.8, 4) is 12.3 Å². The summed E-state index contributed by atoms with van der Waals surface area (Å²) in [5.41, 5.74) is 0. The number of cyclic esters (lactones) is 1. The third-order valence-electron chi connectivity index (χ3n) is 0.812. The summed E-state index contributed by atoms with van der Waals surface area (Å²) in [4.78, 5) is 9.95. The van der Waals surface area contributed by atoms with Crippen LogP contribution in [-0.4, -0.2) is 12.1 Å². The Balaban J connectivity index is 2.34. The molecule has 36 valence electrons. The molecular weight excluding hydrogens is 92.1 g/mol. The van der Waals surface area contributed by atoms with Gasteiger partial charge in [-0.05, 0) is 0 Å². The molecule has 1 aliphatic rings. The van der Waals surface area contributed by atoms with Crippen molar-refractivity contribution in [2.24, 2.45) is 0 Å². The van der Waals surface area contributed by atoms with Crippen LogP contribution in [0, 0.1) is 12.3 Å². The molecule has 1 rings (SSSR count). The third kappa shape index (κ3) is 0.566. The van der Waals surface area contributed by atoms with Crippen LogP contribution in [0.4, 0.5) is 0 Å². The molecule has 0 saturated carbocycles. The molecule has 0 aromatic heterocycles. The van der Waals surface area contributed by atoms with E-state index in [2.05, 4.69) is 10.7 Å². The minimum Gasteiger partial charge on any atom is -0.448 e. The predicted molar refractivity (Wildman–Crippen MR) is 23.3 cm³/mol. The molecule has 0 amide bonds. The summed E-state index contributed by atoms with van der Waals surface area (Å²) in [6, 6.07) is 0. The lowest BCUT2D eigenvalue weighted by atomic mass is 10.2. The Morgan fingerprint density at radius 3 is 2.71 bits per heavy atom. The first kappa shape index (κ1) is 4.20. The number of carbonyl (C=O) groups excluding carboxylic acids is 1. The third-order valence-corrected chi connectivity index (χ3v) is 0.812. The highest BCUT2D eigenvalue weighted by Gasteiger charge is 2.25. The normalized spacial score (nSPS) is 27.3. The second-order valence-corrected chi connectivity index (χ2v) is 1.35. The quantitative estimate of drug-likeness (QED) is 0.312. The van der Waals surface area contributed by atoms with E-state index in [1.807, 2.05) is 0 Å². The zero-order chi connectivity index (χ0) is 5.28. The summed E-state index contributed by atoms with van der Waals surface area (Å²) >= 11 is 0. The average molecular weight is 96.1 g/mol. The smallest absolute Gasteiger partial charge is 0.311 e. The molecule has 1 fully saturated rings. The maximum Gasteiger partial charge on any atom is 0.311 e. The number of rotatable bonds is 0. The molecule has 2 heteroatoms. The van der Waals surface area contributed by atoms with Gasteiger partial charge in [0.15, 0.2) is 6.10 Å². The second-order valence-electron chi connectivity index (χ2n) is 1.35. The van der Waals surface area contributed by atoms with Gasteiger partial charge in [0.2, 0.25) is 0 Å². The fourth-order valence-corrected chi connectivity index (χ4v) is 0.393. The summed E-state index contributed by atoms with van der Waals surface area (Å²) in [7, 11) is 0. The van der Waals surface area contributed by atoms with Crippen molar-refractivity contribution in [3.63, 3.8) is 0 Å². The van der Waals surface area contributed by atoms with Crippen molar-refractivity contribution >= 4 is 5.97 Å². The summed E-state index contributed by atoms with van der Waals surface area (Å²) in [5.74, 6) is 2.10. The number of esters is 1. The van der Waals surface area contributed by atoms with Crippen molar-refractivity contribution in [2.45, 2.75) is 12.5 Å². The number of hydrogen-bond acceptors (Lipinski definition) is 2. The molecule has 0 unspecified atom stereocenters. The highest BCUT2D eigenvalue weighted by Crippen LogP contribution is 2.10. The lowest BCUT2D eigenvalue weighted by Gasteiger charge is -2.19. The van der Waals surface area contributed by atoms with E-state index in [0.717, 1.165) is 0 Å². The monoisotopic (exact) mass is 96.0 g/mol. The molecule has 2 nitrogen and oxygen atoms in total. The SMILES string of the molecule is C#C[C@H]1CC(=O)O1. The van der Waals surface area contributed by atoms with Crippen LogP contribution in [0.2, 0.25) is 0 Å². The van der Waals surface area contributed by atoms with Crippen molar-refractivity contribution < 1.29 is 9.53 Å². The highest BCUT2D eigenvalue weighted by atomic mass is 16.6. The molecule has 0 radical (unpaired) electrons. The van der Waals surface area contributed by atoms with E-state index >= 15 is 0 Å². The molecule has 7 heavy (non-hydrogen) atoms. The minimum absolute atomic E-state index is 0.192. The molecule has 1 saturated heterocycles. The van der Waals surface area contributed by atoms with Gasteiger partial charge in [-0.3, -0.25) is 4.79 Å². The molecule has 0 spiro atoms. The Kier molecular flexibility index (Phi) is 0.759. The van der Waals surface area contributed by atoms with Gasteiger partial charge in [-0.1, -0.05) is 5.92 Å². The van der Waals surface area contributed by atoms with Crippen LogP contribution in [-0.2, 0) is 9.53 Å². The van der Waals surface area contributed by atoms with Gasteiger partial charge in [-0.2, -0.15) is 0 Å². The van der Waals surface area contributed by atoms with Gasteiger partial charge in [0, 0.05) is 0 Å². The van der Waals surface area contributed by atoms with E-state index in [4.69, 9.17) is 6.42 Å². The molecule has 1 atom stereocenters. The zero-order valence-electron chi connectivity index (χ0n) is 3.68. The van der Waals surface area contributed by atoms with Crippen molar-refractivity contribution in [1.82, 2.24) is 0 Å². The molecule has 1 heterocycles. The maximum atomic E-state index is 9.95. The van der Waals surface area contributed by atoms with Crippen LogP contribution in [0.5, 0.6) is 0 Å². The fraction of sp³-hybridized carbons (Fsp3) is 0.400. The number of hydrogen-bond donors (Lipinski definition) is 0. The van der Waals surface area contributed by atoms with Gasteiger partial charge in [-0.15, -0.1) is 6.42 Å². The van der Waals surface area contributed by atoms with Crippen LogP contribution in [0.3, 0.4) is 0 Å². The van der Waals surface area contributed by atoms with Crippen LogP contribution >= 0.6 is 0 Å². The molecule has 0 bridgehead atoms. The average Bonchev–Trinajstić information content (AvgIpc) is 1.58. The maximum absolute atomic E-state index is 9.95. The molecule has 1 aliphatic heterocycles. The van der Waals surface area contributed by atoms with Crippen molar-refractivity contribution in [3.05, 3.63) is 0 Å². The highest BCUT2D eigenvalue weighted by molar-refractivity contribution is 5.76. The first-order chi connectivity index (χ1) is 3.33. The number of terminal acetylenes is 1. The lowest BCUT2D eigenvalue weighted by Crippen LogP contribution is -2.30. The first-order valence-electron chi connectivity index (χ1n) is 1.98. The Bertz CT molecular complexity index is 124. The summed E-state index contributed by atoms with van der Waals surface area (Å²) in [6.45, 7) is 0. The van der Waals surface area contributed by atoms with E-state index in [1.165, 1.54) is 0 Å². The number of carbonyl (C=O) groups is 1. The van der Waals surface area contributed by atoms with E-state index in [9.17, 15) is 4.79 Å². The van der Waals surface area contributed by atoms with E-state index in [1.54, 1.807) is 0 Å². The number of ether oxygens (including phenoxy) is 1. The Morgan fingerprint density at radius 1 is 2.00 bits per heavy atom. The summed E-state index contributed by atoms with van der Waals surface area (Å²) < 4.78 is 4.41. The topological polar surface area (TPSA) is 26.3 Å². The van der Waals surface area contributed by atoms with Gasteiger partial charge in [0.1, 0.15) is 0 Å². The van der Waals surface area contributed by atoms with Crippen molar-refractivity contribution in [2.75, 3.05) is 0 Å². The fourth-order valence-electron chi connectivity index (χ4n) is 0.393. The molecule has 0 aliphatic carbocycles. The van der Waals surface area contributed by atoms with E-state index in [-0.39, 0.29) is 12.1 Å². The summed E-state index contributed by atoms with van der Waals surface area (Å²) in [5, 5.41) is 0. The molecule has 0 N–H and O–H groups in total. The molecular formula is C5H4O2. The minimum atomic E-state index is -0.229. The van der Waals surface area contributed by atoms with Crippen LogP contribution in [0.25, 0.3) is 0 Å². The Morgan fingerprint density at radius 2 is 2.57 bits per heavy atom. The van der Waals surface area contributed by atoms with Gasteiger partial charge >= 0.3 is 5.97 Å².